The van der Waals surface area contributed by atoms with Crippen LogP contribution in [0.2, 0.25) is 0 Å². The molecule has 0 spiro atoms. The Bertz CT molecular complexity index is 449. The average Bonchev–Trinajstić information content (AvgIpc) is 2.49. The molecule has 0 heterocycles. The van der Waals surface area contributed by atoms with Crippen molar-refractivity contribution in [3.8, 4) is 18.1 Å². The maximum Gasteiger partial charge on any atom is 0.258 e. The van der Waals surface area contributed by atoms with Crippen LogP contribution in [0.1, 0.15) is 31.9 Å². The second kappa shape index (κ2) is 9.00. The molecule has 2 N–H and O–H groups in total. The predicted octanol–water partition coefficient (Wildman–Crippen LogP) is 1.88. The number of rotatable bonds is 8. The maximum absolute atomic E-state index is 11.3. The number of carbonyl (C=O) groups excluding carboxylic acids is 1. The summed E-state index contributed by atoms with van der Waals surface area (Å²) in [7, 11) is 0. The molecule has 0 aliphatic carbocycles. The van der Waals surface area contributed by atoms with Crippen molar-refractivity contribution >= 4 is 5.91 Å². The molecule has 1 aromatic carbocycles. The fourth-order valence-corrected chi connectivity index (χ4v) is 1.68. The number of carbonyl (C=O) groups is 1. The molecule has 0 aliphatic heterocycles. The molecule has 1 atom stereocenters. The smallest absolute Gasteiger partial charge is 0.258 e. The Morgan fingerprint density at radius 1 is 1.40 bits per heavy atom. The SMILES string of the molecule is C#CCNC(=O)COc1ccc(C(C)NCCC)cc1. The van der Waals surface area contributed by atoms with Crippen LogP contribution < -0.4 is 15.4 Å². The van der Waals surface area contributed by atoms with E-state index in [0.717, 1.165) is 13.0 Å². The van der Waals surface area contributed by atoms with Gasteiger partial charge in [0.2, 0.25) is 0 Å². The number of amides is 1. The van der Waals surface area contributed by atoms with Gasteiger partial charge in [-0.1, -0.05) is 25.0 Å². The normalized spacial score (nSPS) is 11.4. The lowest BCUT2D eigenvalue weighted by molar-refractivity contribution is -0.122. The molecule has 0 aliphatic rings. The van der Waals surface area contributed by atoms with Crippen LogP contribution in [-0.2, 0) is 4.79 Å². The summed E-state index contributed by atoms with van der Waals surface area (Å²) < 4.78 is 5.38. The molecule has 20 heavy (non-hydrogen) atoms. The topological polar surface area (TPSA) is 50.4 Å². The summed E-state index contributed by atoms with van der Waals surface area (Å²) in [5, 5.41) is 5.96. The molecule has 0 bridgehead atoms. The summed E-state index contributed by atoms with van der Waals surface area (Å²) in [4.78, 5) is 11.3. The molecule has 1 amide bonds. The predicted molar refractivity (Wildman–Crippen MR) is 80.5 cm³/mol. The van der Waals surface area contributed by atoms with E-state index in [4.69, 9.17) is 11.2 Å². The quantitative estimate of drug-likeness (QED) is 0.712. The van der Waals surface area contributed by atoms with Crippen molar-refractivity contribution in [1.82, 2.24) is 10.6 Å². The van der Waals surface area contributed by atoms with Gasteiger partial charge in [-0.05, 0) is 37.6 Å². The largest absolute Gasteiger partial charge is 0.484 e. The van der Waals surface area contributed by atoms with Crippen LogP contribution in [-0.4, -0.2) is 25.6 Å². The summed E-state index contributed by atoms with van der Waals surface area (Å²) in [6, 6.07) is 8.05. The Morgan fingerprint density at radius 2 is 2.10 bits per heavy atom. The minimum Gasteiger partial charge on any atom is -0.484 e. The van der Waals surface area contributed by atoms with Gasteiger partial charge in [0.05, 0.1) is 6.54 Å². The third-order valence-electron chi connectivity index (χ3n) is 2.84. The van der Waals surface area contributed by atoms with Crippen LogP contribution in [0.15, 0.2) is 24.3 Å². The van der Waals surface area contributed by atoms with Crippen molar-refractivity contribution in [2.75, 3.05) is 19.7 Å². The van der Waals surface area contributed by atoms with Gasteiger partial charge in [-0.25, -0.2) is 0 Å². The molecule has 4 heteroatoms. The van der Waals surface area contributed by atoms with E-state index >= 15 is 0 Å². The molecule has 0 saturated carbocycles. The third kappa shape index (κ3) is 5.77. The highest BCUT2D eigenvalue weighted by molar-refractivity contribution is 5.77. The Hall–Kier alpha value is -1.99. The molecule has 4 nitrogen and oxygen atoms in total. The van der Waals surface area contributed by atoms with Gasteiger partial charge in [0.1, 0.15) is 5.75 Å². The summed E-state index contributed by atoms with van der Waals surface area (Å²) in [6.45, 7) is 5.46. The van der Waals surface area contributed by atoms with Crippen LogP contribution in [0.4, 0.5) is 0 Å². The van der Waals surface area contributed by atoms with E-state index in [0.29, 0.717) is 11.8 Å². The van der Waals surface area contributed by atoms with E-state index in [9.17, 15) is 4.79 Å². The van der Waals surface area contributed by atoms with Crippen molar-refractivity contribution in [1.29, 1.82) is 0 Å². The number of terminal acetylenes is 1. The molecule has 0 saturated heterocycles. The van der Waals surface area contributed by atoms with E-state index in [1.54, 1.807) is 0 Å². The number of hydrogen-bond acceptors (Lipinski definition) is 3. The first-order valence-corrected chi connectivity index (χ1v) is 6.83. The Balaban J connectivity index is 2.42. The van der Waals surface area contributed by atoms with Crippen molar-refractivity contribution in [2.45, 2.75) is 26.3 Å². The lowest BCUT2D eigenvalue weighted by atomic mass is 10.1. The van der Waals surface area contributed by atoms with Crippen molar-refractivity contribution in [3.05, 3.63) is 29.8 Å². The number of nitrogens with one attached hydrogen (secondary N) is 2. The van der Waals surface area contributed by atoms with Gasteiger partial charge in [0.15, 0.2) is 6.61 Å². The summed E-state index contributed by atoms with van der Waals surface area (Å²) in [5.41, 5.74) is 1.20. The maximum atomic E-state index is 11.3. The van der Waals surface area contributed by atoms with Gasteiger partial charge in [-0.2, -0.15) is 0 Å². The summed E-state index contributed by atoms with van der Waals surface area (Å²) in [6.07, 6.45) is 6.16. The first-order valence-electron chi connectivity index (χ1n) is 6.83. The van der Waals surface area contributed by atoms with Gasteiger partial charge >= 0.3 is 0 Å². The highest BCUT2D eigenvalue weighted by Crippen LogP contribution is 2.17. The van der Waals surface area contributed by atoms with E-state index < -0.39 is 0 Å². The Labute approximate surface area is 120 Å². The number of benzene rings is 1. The van der Waals surface area contributed by atoms with Crippen LogP contribution in [0.3, 0.4) is 0 Å². The second-order valence-electron chi connectivity index (χ2n) is 4.51. The number of ether oxygens (including phenoxy) is 1. The van der Waals surface area contributed by atoms with Gasteiger partial charge in [-0.15, -0.1) is 6.42 Å². The van der Waals surface area contributed by atoms with Gasteiger partial charge in [-0.3, -0.25) is 4.79 Å². The molecule has 0 fully saturated rings. The minimum absolute atomic E-state index is 0.0231. The van der Waals surface area contributed by atoms with E-state index in [1.807, 2.05) is 24.3 Å². The zero-order chi connectivity index (χ0) is 14.8. The molecular weight excluding hydrogens is 252 g/mol. The lowest BCUT2D eigenvalue weighted by Gasteiger charge is -2.14. The molecule has 1 unspecified atom stereocenters. The fourth-order valence-electron chi connectivity index (χ4n) is 1.68. The summed E-state index contributed by atoms with van der Waals surface area (Å²) >= 11 is 0. The zero-order valence-corrected chi connectivity index (χ0v) is 12.1. The third-order valence-corrected chi connectivity index (χ3v) is 2.84. The van der Waals surface area contributed by atoms with E-state index in [1.165, 1.54) is 5.56 Å². The fraction of sp³-hybridized carbons (Fsp3) is 0.438. The lowest BCUT2D eigenvalue weighted by Crippen LogP contribution is -2.29. The van der Waals surface area contributed by atoms with Crippen molar-refractivity contribution in [2.24, 2.45) is 0 Å². The second-order valence-corrected chi connectivity index (χ2v) is 4.51. The van der Waals surface area contributed by atoms with Crippen LogP contribution >= 0.6 is 0 Å². The van der Waals surface area contributed by atoms with Crippen LogP contribution in [0.5, 0.6) is 5.75 Å². The van der Waals surface area contributed by atoms with Crippen molar-refractivity contribution < 1.29 is 9.53 Å². The van der Waals surface area contributed by atoms with Gasteiger partial charge in [0.25, 0.3) is 5.91 Å². The summed E-state index contributed by atoms with van der Waals surface area (Å²) in [5.74, 6) is 2.79. The first kappa shape index (κ1) is 16.1. The molecule has 1 rings (SSSR count). The van der Waals surface area contributed by atoms with Gasteiger partial charge < -0.3 is 15.4 Å². The standard InChI is InChI=1S/C16H22N2O2/c1-4-10-17-13(3)14-6-8-15(9-7-14)20-12-16(19)18-11-5-2/h2,6-9,13,17H,4,10-12H2,1,3H3,(H,18,19). The van der Waals surface area contributed by atoms with E-state index in [-0.39, 0.29) is 19.1 Å². The Kier molecular flexibility index (Phi) is 7.23. The molecule has 0 aromatic heterocycles. The van der Waals surface area contributed by atoms with Crippen molar-refractivity contribution in [3.63, 3.8) is 0 Å². The monoisotopic (exact) mass is 274 g/mol. The van der Waals surface area contributed by atoms with Crippen LogP contribution in [0, 0.1) is 12.3 Å². The Morgan fingerprint density at radius 3 is 2.70 bits per heavy atom. The highest BCUT2D eigenvalue weighted by atomic mass is 16.5. The van der Waals surface area contributed by atoms with Gasteiger partial charge in [0, 0.05) is 6.04 Å². The first-order chi connectivity index (χ1) is 9.67. The zero-order valence-electron chi connectivity index (χ0n) is 12.1. The molecular formula is C16H22N2O2. The average molecular weight is 274 g/mol. The minimum atomic E-state index is -0.218. The molecule has 108 valence electrons. The number of hydrogen-bond donors (Lipinski definition) is 2. The van der Waals surface area contributed by atoms with Crippen LogP contribution in [0.25, 0.3) is 0 Å². The molecule has 1 aromatic rings. The molecule has 0 radical (unpaired) electrons. The highest BCUT2D eigenvalue weighted by Gasteiger charge is 2.05. The van der Waals surface area contributed by atoms with E-state index in [2.05, 4.69) is 30.4 Å².